The van der Waals surface area contributed by atoms with Gasteiger partial charge in [-0.2, -0.15) is 4.98 Å². The van der Waals surface area contributed by atoms with Crippen molar-refractivity contribution < 1.29 is 4.74 Å². The number of H-pyrrole nitrogens is 1. The Hall–Kier alpha value is -1.03. The zero-order valence-electron chi connectivity index (χ0n) is 5.42. The lowest BCUT2D eigenvalue weighted by molar-refractivity contribution is 0.386. The van der Waals surface area contributed by atoms with Crippen molar-refractivity contribution in [1.82, 2.24) is 9.97 Å². The van der Waals surface area contributed by atoms with Crippen molar-refractivity contribution in [3.63, 3.8) is 0 Å². The fourth-order valence-corrected chi connectivity index (χ4v) is 1.53. The first-order valence-corrected chi connectivity index (χ1v) is 3.75. The van der Waals surface area contributed by atoms with Gasteiger partial charge in [0.05, 0.1) is 12.6 Å². The van der Waals surface area contributed by atoms with Crippen LogP contribution in [-0.2, 0) is 0 Å². The number of methoxy groups -OCH3 is 1. The largest absolute Gasteiger partial charge is 0.468 e. The molecule has 2 rings (SSSR count). The van der Waals surface area contributed by atoms with Crippen molar-refractivity contribution in [2.75, 3.05) is 7.11 Å². The molecule has 0 saturated heterocycles. The summed E-state index contributed by atoms with van der Waals surface area (Å²) < 4.78 is 4.90. The quantitative estimate of drug-likeness (QED) is 0.678. The van der Waals surface area contributed by atoms with Crippen molar-refractivity contribution >= 4 is 21.7 Å². The summed E-state index contributed by atoms with van der Waals surface area (Å²) in [5, 5.41) is 1.99. The Balaban J connectivity index is 2.67. The van der Waals surface area contributed by atoms with E-state index in [1.54, 1.807) is 18.4 Å². The molecule has 2 aromatic heterocycles. The van der Waals surface area contributed by atoms with Gasteiger partial charge in [-0.05, 0) is 11.4 Å². The number of ether oxygens (including phenoxy) is 1. The maximum Gasteiger partial charge on any atom is 0.295 e. The van der Waals surface area contributed by atoms with Crippen molar-refractivity contribution in [2.24, 2.45) is 0 Å². The summed E-state index contributed by atoms with van der Waals surface area (Å²) in [4.78, 5) is 8.13. The number of imidazole rings is 1. The molecule has 0 atom stereocenters. The van der Waals surface area contributed by atoms with Crippen LogP contribution in [0.3, 0.4) is 0 Å². The molecule has 10 heavy (non-hydrogen) atoms. The van der Waals surface area contributed by atoms with E-state index >= 15 is 0 Å². The van der Waals surface area contributed by atoms with Crippen LogP contribution in [0.1, 0.15) is 0 Å². The summed E-state index contributed by atoms with van der Waals surface area (Å²) in [7, 11) is 1.60. The fraction of sp³-hybridized carbons (Fsp3) is 0.167. The van der Waals surface area contributed by atoms with E-state index in [4.69, 9.17) is 4.74 Å². The average Bonchev–Trinajstić information content (AvgIpc) is 2.42. The Labute approximate surface area is 61.7 Å². The maximum absolute atomic E-state index is 4.90. The minimum absolute atomic E-state index is 0.585. The zero-order chi connectivity index (χ0) is 6.97. The van der Waals surface area contributed by atoms with Gasteiger partial charge in [0.2, 0.25) is 0 Å². The summed E-state index contributed by atoms with van der Waals surface area (Å²) in [5.41, 5.74) is 1.04. The third-order valence-corrected chi connectivity index (χ3v) is 2.09. The Bertz CT molecular complexity index is 309. The molecule has 2 heterocycles. The van der Waals surface area contributed by atoms with Gasteiger partial charge in [-0.25, -0.2) is 0 Å². The molecule has 0 aliphatic rings. The molecule has 0 unspecified atom stereocenters. The molecule has 1 N–H and O–H groups in total. The van der Waals surface area contributed by atoms with Gasteiger partial charge in [-0.15, -0.1) is 11.3 Å². The van der Waals surface area contributed by atoms with E-state index < -0.39 is 0 Å². The van der Waals surface area contributed by atoms with Gasteiger partial charge in [0.25, 0.3) is 6.01 Å². The summed E-state index contributed by atoms with van der Waals surface area (Å²) in [6.45, 7) is 0. The van der Waals surface area contributed by atoms with Gasteiger partial charge < -0.3 is 9.72 Å². The van der Waals surface area contributed by atoms with Gasteiger partial charge in [-0.1, -0.05) is 0 Å². The highest BCUT2D eigenvalue weighted by Gasteiger charge is 2.00. The number of aromatic amines is 1. The summed E-state index contributed by atoms with van der Waals surface area (Å²) in [5.74, 6) is 0. The molecule has 0 aliphatic heterocycles. The first kappa shape index (κ1) is 5.73. The van der Waals surface area contributed by atoms with Gasteiger partial charge in [0.1, 0.15) is 4.83 Å². The molecule has 4 heteroatoms. The number of rotatable bonds is 1. The van der Waals surface area contributed by atoms with E-state index in [1.807, 2.05) is 11.4 Å². The maximum atomic E-state index is 4.90. The summed E-state index contributed by atoms with van der Waals surface area (Å²) in [6.07, 6.45) is 0. The monoisotopic (exact) mass is 154 g/mol. The van der Waals surface area contributed by atoms with Crippen LogP contribution in [-0.4, -0.2) is 17.1 Å². The molecule has 0 spiro atoms. The topological polar surface area (TPSA) is 37.9 Å². The molecule has 52 valence electrons. The molecule has 0 bridgehead atoms. The van der Waals surface area contributed by atoms with Crippen LogP contribution in [0.4, 0.5) is 0 Å². The number of thiophene rings is 1. The van der Waals surface area contributed by atoms with Crippen LogP contribution < -0.4 is 4.74 Å². The van der Waals surface area contributed by atoms with Crippen LogP contribution >= 0.6 is 11.3 Å². The van der Waals surface area contributed by atoms with Gasteiger partial charge in [-0.3, -0.25) is 0 Å². The van der Waals surface area contributed by atoms with E-state index in [9.17, 15) is 0 Å². The number of nitrogens with one attached hydrogen (secondary N) is 1. The molecular formula is C6H6N2OS. The highest BCUT2D eigenvalue weighted by atomic mass is 32.1. The lowest BCUT2D eigenvalue weighted by Crippen LogP contribution is -1.82. The fourth-order valence-electron chi connectivity index (χ4n) is 0.815. The molecular weight excluding hydrogens is 148 g/mol. The average molecular weight is 154 g/mol. The highest BCUT2D eigenvalue weighted by Crippen LogP contribution is 2.20. The summed E-state index contributed by atoms with van der Waals surface area (Å²) >= 11 is 1.60. The molecule has 2 aromatic rings. The Morgan fingerprint density at radius 2 is 2.60 bits per heavy atom. The molecule has 0 saturated carbocycles. The predicted octanol–water partition coefficient (Wildman–Crippen LogP) is 1.63. The minimum atomic E-state index is 0.585. The lowest BCUT2D eigenvalue weighted by Gasteiger charge is -1.86. The molecule has 0 radical (unpaired) electrons. The van der Waals surface area contributed by atoms with E-state index in [-0.39, 0.29) is 0 Å². The van der Waals surface area contributed by atoms with Crippen molar-refractivity contribution in [3.05, 3.63) is 11.4 Å². The van der Waals surface area contributed by atoms with E-state index in [2.05, 4.69) is 9.97 Å². The number of nitrogens with zero attached hydrogens (tertiary/aromatic N) is 1. The molecule has 3 nitrogen and oxygen atoms in total. The smallest absolute Gasteiger partial charge is 0.295 e. The lowest BCUT2D eigenvalue weighted by atomic mass is 10.6. The van der Waals surface area contributed by atoms with Crippen LogP contribution in [0.2, 0.25) is 0 Å². The first-order valence-electron chi connectivity index (χ1n) is 2.87. The van der Waals surface area contributed by atoms with Gasteiger partial charge >= 0.3 is 0 Å². The first-order chi connectivity index (χ1) is 4.90. The SMILES string of the molecule is COc1nc2sccc2[nH]1. The molecule has 0 aliphatic carbocycles. The zero-order valence-corrected chi connectivity index (χ0v) is 6.23. The number of aromatic nitrogens is 2. The van der Waals surface area contributed by atoms with Crippen LogP contribution in [0.25, 0.3) is 10.3 Å². The molecule has 0 amide bonds. The van der Waals surface area contributed by atoms with Crippen molar-refractivity contribution in [2.45, 2.75) is 0 Å². The second kappa shape index (κ2) is 1.98. The third-order valence-electron chi connectivity index (χ3n) is 1.28. The van der Waals surface area contributed by atoms with E-state index in [0.717, 1.165) is 10.3 Å². The van der Waals surface area contributed by atoms with Crippen LogP contribution in [0.15, 0.2) is 11.4 Å². The Morgan fingerprint density at radius 1 is 1.70 bits per heavy atom. The predicted molar refractivity (Wildman–Crippen MR) is 40.5 cm³/mol. The van der Waals surface area contributed by atoms with Crippen molar-refractivity contribution in [1.29, 1.82) is 0 Å². The van der Waals surface area contributed by atoms with Crippen LogP contribution in [0.5, 0.6) is 6.01 Å². The number of fused-ring (bicyclic) bond motifs is 1. The molecule has 0 fully saturated rings. The van der Waals surface area contributed by atoms with E-state index in [1.165, 1.54) is 0 Å². The van der Waals surface area contributed by atoms with E-state index in [0.29, 0.717) is 6.01 Å². The number of hydrogen-bond donors (Lipinski definition) is 1. The third kappa shape index (κ3) is 0.690. The Morgan fingerprint density at radius 3 is 3.30 bits per heavy atom. The number of hydrogen-bond acceptors (Lipinski definition) is 3. The Kier molecular flexibility index (Phi) is 1.14. The second-order valence-electron chi connectivity index (χ2n) is 1.89. The van der Waals surface area contributed by atoms with Crippen LogP contribution in [0, 0.1) is 0 Å². The highest BCUT2D eigenvalue weighted by molar-refractivity contribution is 7.16. The summed E-state index contributed by atoms with van der Waals surface area (Å²) in [6, 6.07) is 2.57. The molecule has 0 aromatic carbocycles. The standard InChI is InChI=1S/C6H6N2OS/c1-9-6-7-4-2-3-10-5(4)8-6/h2-3H,1H3,(H,7,8). The van der Waals surface area contributed by atoms with Gasteiger partial charge in [0.15, 0.2) is 0 Å². The normalized spacial score (nSPS) is 10.5. The van der Waals surface area contributed by atoms with Crippen molar-refractivity contribution in [3.8, 4) is 6.01 Å². The second-order valence-corrected chi connectivity index (χ2v) is 2.78. The van der Waals surface area contributed by atoms with Gasteiger partial charge in [0, 0.05) is 0 Å². The minimum Gasteiger partial charge on any atom is -0.468 e.